The Bertz CT molecular complexity index is 246. The molecule has 0 amide bonds. The van der Waals surface area contributed by atoms with E-state index in [0.29, 0.717) is 0 Å². The number of hydrogen-bond acceptors (Lipinski definition) is 2. The van der Waals surface area contributed by atoms with E-state index in [1.807, 2.05) is 18.5 Å². The number of rotatable bonds is 7. The first-order chi connectivity index (χ1) is 7.33. The van der Waals surface area contributed by atoms with Crippen LogP contribution in [-0.2, 0) is 6.42 Å². The van der Waals surface area contributed by atoms with Gasteiger partial charge in [-0.05, 0) is 49.9 Å². The molecule has 0 aliphatic heterocycles. The van der Waals surface area contributed by atoms with Crippen molar-refractivity contribution in [2.45, 2.75) is 33.1 Å². The molecule has 84 valence electrons. The first kappa shape index (κ1) is 12.2. The Labute approximate surface area is 93.1 Å². The van der Waals surface area contributed by atoms with Gasteiger partial charge in [-0.3, -0.25) is 4.98 Å². The minimum atomic E-state index is 0.747. The van der Waals surface area contributed by atoms with Crippen LogP contribution < -0.4 is 5.32 Å². The summed E-state index contributed by atoms with van der Waals surface area (Å²) >= 11 is 0. The van der Waals surface area contributed by atoms with Crippen molar-refractivity contribution in [3.8, 4) is 0 Å². The highest BCUT2D eigenvalue weighted by atomic mass is 14.8. The molecule has 0 bridgehead atoms. The molecule has 1 atom stereocenters. The summed E-state index contributed by atoms with van der Waals surface area (Å²) in [5.41, 5.74) is 1.35. The summed E-state index contributed by atoms with van der Waals surface area (Å²) in [7, 11) is 0. The maximum Gasteiger partial charge on any atom is 0.0299 e. The molecule has 1 N–H and O–H groups in total. The summed E-state index contributed by atoms with van der Waals surface area (Å²) < 4.78 is 0. The van der Waals surface area contributed by atoms with Crippen LogP contribution in [0.15, 0.2) is 24.5 Å². The predicted octanol–water partition coefficient (Wildman–Crippen LogP) is 2.65. The molecule has 0 aliphatic rings. The Kier molecular flexibility index (Phi) is 6.02. The van der Waals surface area contributed by atoms with Crippen LogP contribution in [0.5, 0.6) is 0 Å². The van der Waals surface area contributed by atoms with E-state index in [9.17, 15) is 0 Å². The maximum atomic E-state index is 4.12. The number of nitrogens with zero attached hydrogens (tertiary/aromatic N) is 1. The van der Waals surface area contributed by atoms with Crippen LogP contribution >= 0.6 is 0 Å². The fourth-order valence-corrected chi connectivity index (χ4v) is 1.59. The topological polar surface area (TPSA) is 24.9 Å². The van der Waals surface area contributed by atoms with E-state index < -0.39 is 0 Å². The minimum Gasteiger partial charge on any atom is -0.316 e. The first-order valence-electron chi connectivity index (χ1n) is 5.92. The van der Waals surface area contributed by atoms with Gasteiger partial charge in [0.25, 0.3) is 0 Å². The van der Waals surface area contributed by atoms with Crippen LogP contribution in [0.25, 0.3) is 0 Å². The van der Waals surface area contributed by atoms with Crippen LogP contribution in [0.3, 0.4) is 0 Å². The predicted molar refractivity (Wildman–Crippen MR) is 64.9 cm³/mol. The van der Waals surface area contributed by atoms with Crippen molar-refractivity contribution in [2.75, 3.05) is 13.1 Å². The molecule has 0 fully saturated rings. The number of aryl methyl sites for hydroxylation is 1. The average molecular weight is 206 g/mol. The lowest BCUT2D eigenvalue weighted by Gasteiger charge is -2.11. The highest BCUT2D eigenvalue weighted by Gasteiger charge is 2.01. The third kappa shape index (κ3) is 5.53. The lowest BCUT2D eigenvalue weighted by molar-refractivity contribution is 0.481. The zero-order valence-corrected chi connectivity index (χ0v) is 9.87. The molecule has 15 heavy (non-hydrogen) atoms. The molecule has 2 nitrogen and oxygen atoms in total. The lowest BCUT2D eigenvalue weighted by Crippen LogP contribution is -2.22. The van der Waals surface area contributed by atoms with Crippen molar-refractivity contribution in [1.29, 1.82) is 0 Å². The van der Waals surface area contributed by atoms with Crippen molar-refractivity contribution < 1.29 is 0 Å². The Morgan fingerprint density at radius 1 is 1.47 bits per heavy atom. The SMILES string of the molecule is CCCNCC(C)CCc1cccnc1. The molecule has 0 spiro atoms. The Balaban J connectivity index is 2.14. The maximum absolute atomic E-state index is 4.12. The molecule has 0 aromatic carbocycles. The zero-order chi connectivity index (χ0) is 10.9. The van der Waals surface area contributed by atoms with Crippen molar-refractivity contribution >= 4 is 0 Å². The monoisotopic (exact) mass is 206 g/mol. The van der Waals surface area contributed by atoms with E-state index in [1.54, 1.807) is 0 Å². The van der Waals surface area contributed by atoms with E-state index in [1.165, 1.54) is 18.4 Å². The Morgan fingerprint density at radius 3 is 3.00 bits per heavy atom. The summed E-state index contributed by atoms with van der Waals surface area (Å²) in [6.45, 7) is 6.78. The van der Waals surface area contributed by atoms with Gasteiger partial charge < -0.3 is 5.32 Å². The molecule has 0 saturated carbocycles. The Hall–Kier alpha value is -0.890. The zero-order valence-electron chi connectivity index (χ0n) is 9.87. The van der Waals surface area contributed by atoms with E-state index in [-0.39, 0.29) is 0 Å². The van der Waals surface area contributed by atoms with E-state index in [2.05, 4.69) is 30.2 Å². The smallest absolute Gasteiger partial charge is 0.0299 e. The number of aromatic nitrogens is 1. The second-order valence-electron chi connectivity index (χ2n) is 4.21. The molecule has 1 rings (SSSR count). The van der Waals surface area contributed by atoms with E-state index in [0.717, 1.165) is 25.4 Å². The summed E-state index contributed by atoms with van der Waals surface area (Å²) in [6.07, 6.45) is 7.39. The summed E-state index contributed by atoms with van der Waals surface area (Å²) in [5, 5.41) is 3.46. The van der Waals surface area contributed by atoms with Gasteiger partial charge in [0.15, 0.2) is 0 Å². The lowest BCUT2D eigenvalue weighted by atomic mass is 10.0. The number of pyridine rings is 1. The average Bonchev–Trinajstić information content (AvgIpc) is 2.28. The van der Waals surface area contributed by atoms with Gasteiger partial charge in [-0.1, -0.05) is 19.9 Å². The van der Waals surface area contributed by atoms with E-state index >= 15 is 0 Å². The van der Waals surface area contributed by atoms with Gasteiger partial charge in [0.05, 0.1) is 0 Å². The second kappa shape index (κ2) is 7.41. The van der Waals surface area contributed by atoms with Crippen molar-refractivity contribution in [3.05, 3.63) is 30.1 Å². The quantitative estimate of drug-likeness (QED) is 0.694. The fraction of sp³-hybridized carbons (Fsp3) is 0.615. The standard InChI is InChI=1S/C13H22N2/c1-3-8-14-10-12(2)6-7-13-5-4-9-15-11-13/h4-5,9,11-12,14H,3,6-8,10H2,1-2H3. The molecule has 0 radical (unpaired) electrons. The summed E-state index contributed by atoms with van der Waals surface area (Å²) in [5.74, 6) is 0.747. The molecule has 1 unspecified atom stereocenters. The van der Waals surface area contributed by atoms with Crippen LogP contribution in [0, 0.1) is 5.92 Å². The molecule has 1 aromatic heterocycles. The molecule has 2 heteroatoms. The highest BCUT2D eigenvalue weighted by Crippen LogP contribution is 2.07. The first-order valence-corrected chi connectivity index (χ1v) is 5.92. The largest absolute Gasteiger partial charge is 0.316 e. The van der Waals surface area contributed by atoms with Crippen molar-refractivity contribution in [1.82, 2.24) is 10.3 Å². The van der Waals surface area contributed by atoms with Gasteiger partial charge >= 0.3 is 0 Å². The molecule has 0 aliphatic carbocycles. The minimum absolute atomic E-state index is 0.747. The molecule has 1 heterocycles. The van der Waals surface area contributed by atoms with Crippen LogP contribution in [0.4, 0.5) is 0 Å². The van der Waals surface area contributed by atoms with Crippen LogP contribution in [0.2, 0.25) is 0 Å². The molecule has 1 aromatic rings. The fourth-order valence-electron chi connectivity index (χ4n) is 1.59. The summed E-state index contributed by atoms with van der Waals surface area (Å²) in [4.78, 5) is 4.12. The highest BCUT2D eigenvalue weighted by molar-refractivity contribution is 5.08. The van der Waals surface area contributed by atoms with E-state index in [4.69, 9.17) is 0 Å². The third-order valence-electron chi connectivity index (χ3n) is 2.57. The molecular formula is C13H22N2. The number of hydrogen-bond donors (Lipinski definition) is 1. The van der Waals surface area contributed by atoms with Gasteiger partial charge in [0, 0.05) is 12.4 Å². The summed E-state index contributed by atoms with van der Waals surface area (Å²) in [6, 6.07) is 4.16. The van der Waals surface area contributed by atoms with Crippen LogP contribution in [0.1, 0.15) is 32.3 Å². The van der Waals surface area contributed by atoms with Gasteiger partial charge in [-0.25, -0.2) is 0 Å². The van der Waals surface area contributed by atoms with Gasteiger partial charge in [-0.15, -0.1) is 0 Å². The molecular weight excluding hydrogens is 184 g/mol. The van der Waals surface area contributed by atoms with Crippen molar-refractivity contribution in [3.63, 3.8) is 0 Å². The van der Waals surface area contributed by atoms with Crippen molar-refractivity contribution in [2.24, 2.45) is 5.92 Å². The normalized spacial score (nSPS) is 12.7. The van der Waals surface area contributed by atoms with Gasteiger partial charge in [-0.2, -0.15) is 0 Å². The second-order valence-corrected chi connectivity index (χ2v) is 4.21. The number of nitrogens with one attached hydrogen (secondary N) is 1. The third-order valence-corrected chi connectivity index (χ3v) is 2.57. The van der Waals surface area contributed by atoms with Gasteiger partial charge in [0.1, 0.15) is 0 Å². The van der Waals surface area contributed by atoms with Crippen LogP contribution in [-0.4, -0.2) is 18.1 Å². The Morgan fingerprint density at radius 2 is 2.33 bits per heavy atom. The molecule has 0 saturated heterocycles. The van der Waals surface area contributed by atoms with Gasteiger partial charge in [0.2, 0.25) is 0 Å².